The van der Waals surface area contributed by atoms with Gasteiger partial charge in [0.05, 0.1) is 35.4 Å². The summed E-state index contributed by atoms with van der Waals surface area (Å²) in [5.74, 6) is 1.74. The largest absolute Gasteiger partial charge is 0.457 e. The van der Waals surface area contributed by atoms with Crippen LogP contribution in [0, 0.1) is 5.82 Å². The number of aryl methyl sites for hydroxylation is 1. The number of anilines is 2. The summed E-state index contributed by atoms with van der Waals surface area (Å²) in [6, 6.07) is 14.5. The van der Waals surface area contributed by atoms with Gasteiger partial charge in [0.15, 0.2) is 5.78 Å². The molecule has 0 atom stereocenters. The van der Waals surface area contributed by atoms with Crippen LogP contribution in [0.25, 0.3) is 11.0 Å². The van der Waals surface area contributed by atoms with Gasteiger partial charge in [0.25, 0.3) is 0 Å². The molecule has 2 aromatic carbocycles. The van der Waals surface area contributed by atoms with E-state index in [1.807, 2.05) is 49.7 Å². The van der Waals surface area contributed by atoms with E-state index >= 15 is 0 Å². The summed E-state index contributed by atoms with van der Waals surface area (Å²) in [5, 5.41) is 6.25. The van der Waals surface area contributed by atoms with E-state index < -0.39 is 0 Å². The fourth-order valence-corrected chi connectivity index (χ4v) is 3.81. The van der Waals surface area contributed by atoms with Gasteiger partial charge in [-0.15, -0.1) is 0 Å². The van der Waals surface area contributed by atoms with Gasteiger partial charge in [-0.3, -0.25) is 9.78 Å². The third-order valence-electron chi connectivity index (χ3n) is 5.87. The number of aromatic nitrogens is 3. The van der Waals surface area contributed by atoms with E-state index in [0.717, 1.165) is 11.1 Å². The molecule has 4 rings (SSSR count). The van der Waals surface area contributed by atoms with Gasteiger partial charge < -0.3 is 19.9 Å². The minimum absolute atomic E-state index is 0.0682. The molecule has 0 bridgehead atoms. The number of nitrogens with one attached hydrogen (secondary N) is 2. The highest BCUT2D eigenvalue weighted by molar-refractivity contribution is 5.82. The van der Waals surface area contributed by atoms with E-state index in [-0.39, 0.29) is 30.0 Å². The Kier molecular flexibility index (Phi) is 7.64. The Morgan fingerprint density at radius 3 is 2.58 bits per heavy atom. The smallest absolute Gasteiger partial charge is 0.208 e. The number of rotatable bonds is 10. The lowest BCUT2D eigenvalue weighted by Gasteiger charge is -2.11. The highest BCUT2D eigenvalue weighted by Crippen LogP contribution is 2.29. The van der Waals surface area contributed by atoms with Gasteiger partial charge in [0.1, 0.15) is 17.3 Å². The van der Waals surface area contributed by atoms with Crippen LogP contribution in [0.3, 0.4) is 0 Å². The predicted molar refractivity (Wildman–Crippen MR) is 141 cm³/mol. The number of carbonyl (C=O) groups is 1. The minimum atomic E-state index is -0.331. The molecule has 36 heavy (non-hydrogen) atoms. The highest BCUT2D eigenvalue weighted by atomic mass is 19.1. The maximum atomic E-state index is 14.5. The summed E-state index contributed by atoms with van der Waals surface area (Å²) in [6.07, 6.45) is 1.87. The van der Waals surface area contributed by atoms with Crippen molar-refractivity contribution >= 4 is 28.5 Å². The summed E-state index contributed by atoms with van der Waals surface area (Å²) in [6.45, 7) is 8.45. The molecule has 0 amide bonds. The van der Waals surface area contributed by atoms with Crippen LogP contribution >= 0.6 is 0 Å². The summed E-state index contributed by atoms with van der Waals surface area (Å²) in [4.78, 5) is 21.1. The zero-order valence-electron chi connectivity index (χ0n) is 21.3. The molecule has 7 nitrogen and oxygen atoms in total. The molecule has 4 aromatic rings. The number of nitrogens with zero attached hydrogens (tertiary/aromatic N) is 3. The molecule has 0 fully saturated rings. The normalized spacial score (nSPS) is 11.4. The third-order valence-corrected chi connectivity index (χ3v) is 5.87. The molecule has 8 heteroatoms. The summed E-state index contributed by atoms with van der Waals surface area (Å²) in [5.41, 5.74) is 3.67. The molecule has 0 aliphatic rings. The number of pyridine rings is 1. The summed E-state index contributed by atoms with van der Waals surface area (Å²) >= 11 is 0. The Balaban J connectivity index is 1.51. The van der Waals surface area contributed by atoms with Crippen LogP contribution < -0.4 is 15.4 Å². The van der Waals surface area contributed by atoms with Crippen molar-refractivity contribution in [1.82, 2.24) is 19.9 Å². The van der Waals surface area contributed by atoms with Crippen molar-refractivity contribution in [2.24, 2.45) is 7.05 Å². The van der Waals surface area contributed by atoms with Crippen LogP contribution in [0.1, 0.15) is 44.9 Å². The topological polar surface area (TPSA) is 81.1 Å². The van der Waals surface area contributed by atoms with Crippen LogP contribution in [0.15, 0.2) is 54.7 Å². The maximum absolute atomic E-state index is 14.5. The fourth-order valence-electron chi connectivity index (χ4n) is 3.81. The zero-order valence-corrected chi connectivity index (χ0v) is 21.3. The lowest BCUT2D eigenvalue weighted by molar-refractivity contribution is -0.117. The number of hydrogen-bond donors (Lipinski definition) is 2. The Morgan fingerprint density at radius 1 is 1.06 bits per heavy atom. The van der Waals surface area contributed by atoms with Gasteiger partial charge >= 0.3 is 0 Å². The van der Waals surface area contributed by atoms with Crippen molar-refractivity contribution in [3.63, 3.8) is 0 Å². The first kappa shape index (κ1) is 25.3. The molecule has 2 aromatic heterocycles. The molecule has 0 radical (unpaired) electrons. The number of hydrogen-bond acceptors (Lipinski definition) is 6. The second kappa shape index (κ2) is 10.9. The second-order valence-electron chi connectivity index (χ2n) is 9.50. The van der Waals surface area contributed by atoms with Crippen molar-refractivity contribution in [2.75, 3.05) is 11.9 Å². The molecular formula is C28H32FN5O2. The van der Waals surface area contributed by atoms with E-state index in [9.17, 15) is 9.18 Å². The minimum Gasteiger partial charge on any atom is -0.457 e. The average Bonchev–Trinajstić information content (AvgIpc) is 3.13. The maximum Gasteiger partial charge on any atom is 0.208 e. The average molecular weight is 490 g/mol. The number of halogens is 1. The molecule has 0 saturated carbocycles. The SMILES string of the molecule is CC(C)NCC(=O)Cc1cc(Oc2ccc3c(c2)nc(Nc2cc(C(C)C)ccc2F)n3C)ccn1. The number of Topliss-reactive ketones (excluding diaryl/α,β-unsaturated/α-hetero) is 1. The third kappa shape index (κ3) is 6.07. The number of carbonyl (C=O) groups excluding carboxylic acids is 1. The summed E-state index contributed by atoms with van der Waals surface area (Å²) in [7, 11) is 1.88. The Labute approximate surface area is 210 Å². The zero-order chi connectivity index (χ0) is 25.8. The van der Waals surface area contributed by atoms with Gasteiger partial charge in [-0.2, -0.15) is 0 Å². The highest BCUT2D eigenvalue weighted by Gasteiger charge is 2.13. The first-order valence-electron chi connectivity index (χ1n) is 12.1. The van der Waals surface area contributed by atoms with Crippen LogP contribution in [-0.4, -0.2) is 32.9 Å². The second-order valence-corrected chi connectivity index (χ2v) is 9.50. The van der Waals surface area contributed by atoms with E-state index in [1.165, 1.54) is 6.07 Å². The first-order valence-corrected chi connectivity index (χ1v) is 12.1. The number of ether oxygens (including phenoxy) is 1. The molecule has 188 valence electrons. The summed E-state index contributed by atoms with van der Waals surface area (Å²) < 4.78 is 22.4. The first-order chi connectivity index (χ1) is 17.2. The lowest BCUT2D eigenvalue weighted by Crippen LogP contribution is -2.30. The van der Waals surface area contributed by atoms with E-state index in [4.69, 9.17) is 4.74 Å². The van der Waals surface area contributed by atoms with Crippen LogP contribution in [0.4, 0.5) is 16.0 Å². The number of fused-ring (bicyclic) bond motifs is 1. The molecule has 0 unspecified atom stereocenters. The predicted octanol–water partition coefficient (Wildman–Crippen LogP) is 5.88. The Bertz CT molecular complexity index is 1380. The van der Waals surface area contributed by atoms with Crippen LogP contribution in [0.5, 0.6) is 11.5 Å². The van der Waals surface area contributed by atoms with Gasteiger partial charge in [0, 0.05) is 31.4 Å². The van der Waals surface area contributed by atoms with E-state index in [0.29, 0.717) is 40.9 Å². The molecular weight excluding hydrogens is 457 g/mol. The van der Waals surface area contributed by atoms with Crippen molar-refractivity contribution in [3.8, 4) is 11.5 Å². The standard InChI is InChI=1S/C28H32FN5O2/c1-17(2)19-6-8-24(29)25(12-19)32-28-33-26-15-22(7-9-27(26)34(28)5)36-23-10-11-30-20(14-23)13-21(35)16-31-18(3)4/h6-12,14-15,17-18,31H,13,16H2,1-5H3,(H,32,33). The van der Waals surface area contributed by atoms with Crippen LogP contribution in [-0.2, 0) is 18.3 Å². The molecule has 0 saturated heterocycles. The van der Waals surface area contributed by atoms with Crippen molar-refractivity contribution in [2.45, 2.75) is 46.1 Å². The molecule has 0 aliphatic heterocycles. The molecule has 0 aliphatic carbocycles. The Morgan fingerprint density at radius 2 is 1.83 bits per heavy atom. The van der Waals surface area contributed by atoms with E-state index in [1.54, 1.807) is 24.4 Å². The van der Waals surface area contributed by atoms with Crippen molar-refractivity contribution in [3.05, 3.63) is 71.8 Å². The van der Waals surface area contributed by atoms with Gasteiger partial charge in [-0.1, -0.05) is 33.8 Å². The lowest BCUT2D eigenvalue weighted by atomic mass is 10.0. The Hall–Kier alpha value is -3.78. The van der Waals surface area contributed by atoms with Crippen molar-refractivity contribution in [1.29, 1.82) is 0 Å². The molecule has 0 spiro atoms. The van der Waals surface area contributed by atoms with Gasteiger partial charge in [0.2, 0.25) is 5.95 Å². The molecule has 2 heterocycles. The fraction of sp³-hybridized carbons (Fsp3) is 0.321. The number of ketones is 1. The quantitative estimate of drug-likeness (QED) is 0.290. The van der Waals surface area contributed by atoms with Gasteiger partial charge in [-0.05, 0) is 41.8 Å². The number of benzene rings is 2. The van der Waals surface area contributed by atoms with Gasteiger partial charge in [-0.25, -0.2) is 9.37 Å². The van der Waals surface area contributed by atoms with Crippen molar-refractivity contribution < 1.29 is 13.9 Å². The number of imidazole rings is 1. The van der Waals surface area contributed by atoms with E-state index in [2.05, 4.69) is 34.4 Å². The monoisotopic (exact) mass is 489 g/mol. The van der Waals surface area contributed by atoms with Crippen LogP contribution in [0.2, 0.25) is 0 Å². The molecule has 2 N–H and O–H groups in total.